The van der Waals surface area contributed by atoms with E-state index in [1.54, 1.807) is 7.11 Å². The Bertz CT molecular complexity index is 1110. The molecule has 0 radical (unpaired) electrons. The minimum Gasteiger partial charge on any atom is -0.467 e. The summed E-state index contributed by atoms with van der Waals surface area (Å²) in [5.74, 6) is 0.648. The minimum absolute atomic E-state index is 0.0130. The number of benzene rings is 3. The monoisotopic (exact) mass is 416 g/mol. The second kappa shape index (κ2) is 7.95. The van der Waals surface area contributed by atoms with Gasteiger partial charge in [-0.3, -0.25) is 4.79 Å². The molecule has 4 rings (SSSR count). The molecule has 31 heavy (non-hydrogen) atoms. The van der Waals surface area contributed by atoms with Crippen LogP contribution in [0.5, 0.6) is 5.75 Å². The van der Waals surface area contributed by atoms with Gasteiger partial charge >= 0.3 is 0 Å². The number of carbonyl (C=O) groups excluding carboxylic acids is 1. The van der Waals surface area contributed by atoms with Gasteiger partial charge in [0.15, 0.2) is 12.6 Å². The van der Waals surface area contributed by atoms with Crippen LogP contribution in [-0.4, -0.2) is 24.8 Å². The largest absolute Gasteiger partial charge is 0.467 e. The fraction of sp³-hybridized carbons (Fsp3) is 0.296. The summed E-state index contributed by atoms with van der Waals surface area (Å²) < 4.78 is 10.9. The van der Waals surface area contributed by atoms with Crippen molar-refractivity contribution in [3.05, 3.63) is 98.6 Å². The van der Waals surface area contributed by atoms with Crippen molar-refractivity contribution in [3.63, 3.8) is 0 Å². The predicted octanol–water partition coefficient (Wildman–Crippen LogP) is 4.93. The minimum atomic E-state index is -1.36. The van der Waals surface area contributed by atoms with Crippen molar-refractivity contribution >= 4 is 5.78 Å². The van der Waals surface area contributed by atoms with Gasteiger partial charge in [0.05, 0.1) is 0 Å². The Labute approximate surface area is 183 Å². The van der Waals surface area contributed by atoms with Crippen molar-refractivity contribution in [2.24, 2.45) is 0 Å². The highest BCUT2D eigenvalue weighted by atomic mass is 16.7. The fourth-order valence-electron chi connectivity index (χ4n) is 4.89. The van der Waals surface area contributed by atoms with E-state index < -0.39 is 5.60 Å². The van der Waals surface area contributed by atoms with Crippen molar-refractivity contribution in [2.45, 2.75) is 39.7 Å². The van der Waals surface area contributed by atoms with Crippen LogP contribution in [-0.2, 0) is 16.8 Å². The molecular formula is C27H28O4. The van der Waals surface area contributed by atoms with Gasteiger partial charge in [-0.25, -0.2) is 0 Å². The highest BCUT2D eigenvalue weighted by Gasteiger charge is 2.46. The SMILES string of the molecule is COCOc1ccccc1CC1(O)c2c(C)ccc(C)c2C(=O)c2c(C)ccc(C)c21. The normalized spacial score (nSPS) is 14.2. The van der Waals surface area contributed by atoms with E-state index in [1.807, 2.05) is 76.2 Å². The van der Waals surface area contributed by atoms with E-state index in [0.717, 1.165) is 27.8 Å². The molecule has 0 saturated heterocycles. The first kappa shape index (κ1) is 21.3. The quantitative estimate of drug-likeness (QED) is 0.600. The molecule has 3 aromatic carbocycles. The number of aryl methyl sites for hydroxylation is 4. The number of aliphatic hydroxyl groups is 1. The summed E-state index contributed by atoms with van der Waals surface area (Å²) >= 11 is 0. The zero-order valence-electron chi connectivity index (χ0n) is 18.7. The van der Waals surface area contributed by atoms with E-state index in [2.05, 4.69) is 0 Å². The molecule has 0 atom stereocenters. The van der Waals surface area contributed by atoms with Crippen LogP contribution in [0.25, 0.3) is 0 Å². The Hall–Kier alpha value is -2.95. The number of fused-ring (bicyclic) bond motifs is 2. The van der Waals surface area contributed by atoms with Crippen LogP contribution in [0.2, 0.25) is 0 Å². The van der Waals surface area contributed by atoms with E-state index >= 15 is 0 Å². The molecule has 0 aliphatic heterocycles. The van der Waals surface area contributed by atoms with E-state index in [0.29, 0.717) is 28.0 Å². The average molecular weight is 417 g/mol. The maximum atomic E-state index is 13.7. The fourth-order valence-corrected chi connectivity index (χ4v) is 4.89. The van der Waals surface area contributed by atoms with E-state index in [-0.39, 0.29) is 19.0 Å². The first-order valence-electron chi connectivity index (χ1n) is 10.5. The van der Waals surface area contributed by atoms with E-state index in [4.69, 9.17) is 9.47 Å². The highest BCUT2D eigenvalue weighted by Crippen LogP contribution is 2.47. The predicted molar refractivity (Wildman–Crippen MR) is 121 cm³/mol. The van der Waals surface area contributed by atoms with Crippen LogP contribution in [0.1, 0.15) is 54.9 Å². The molecule has 0 spiro atoms. The lowest BCUT2D eigenvalue weighted by atomic mass is 9.67. The van der Waals surface area contributed by atoms with Crippen LogP contribution in [0.3, 0.4) is 0 Å². The number of para-hydroxylation sites is 1. The number of hydrogen-bond acceptors (Lipinski definition) is 4. The number of hydrogen-bond donors (Lipinski definition) is 1. The molecule has 1 aliphatic carbocycles. The first-order valence-corrected chi connectivity index (χ1v) is 10.5. The van der Waals surface area contributed by atoms with Crippen LogP contribution in [0.15, 0.2) is 48.5 Å². The van der Waals surface area contributed by atoms with Crippen LogP contribution in [0, 0.1) is 27.7 Å². The van der Waals surface area contributed by atoms with Gasteiger partial charge in [-0.1, -0.05) is 42.5 Å². The smallest absolute Gasteiger partial charge is 0.194 e. The number of methoxy groups -OCH3 is 1. The molecule has 4 heteroatoms. The van der Waals surface area contributed by atoms with Gasteiger partial charge in [-0.15, -0.1) is 0 Å². The molecule has 0 aromatic heterocycles. The summed E-state index contributed by atoms with van der Waals surface area (Å²) in [7, 11) is 1.58. The molecule has 0 fully saturated rings. The molecule has 0 bridgehead atoms. The Balaban J connectivity index is 2.01. The first-order chi connectivity index (χ1) is 14.8. The molecule has 0 unspecified atom stereocenters. The van der Waals surface area contributed by atoms with Gasteiger partial charge in [-0.2, -0.15) is 0 Å². The summed E-state index contributed by atoms with van der Waals surface area (Å²) in [5, 5.41) is 12.5. The van der Waals surface area contributed by atoms with Gasteiger partial charge in [0.25, 0.3) is 0 Å². The maximum absolute atomic E-state index is 13.7. The van der Waals surface area contributed by atoms with Crippen LogP contribution in [0.4, 0.5) is 0 Å². The second-order valence-corrected chi connectivity index (χ2v) is 8.42. The number of rotatable bonds is 5. The summed E-state index contributed by atoms with van der Waals surface area (Å²) in [6, 6.07) is 15.5. The van der Waals surface area contributed by atoms with Crippen LogP contribution < -0.4 is 4.74 Å². The molecule has 0 heterocycles. The third-order valence-electron chi connectivity index (χ3n) is 6.28. The lowest BCUT2D eigenvalue weighted by Crippen LogP contribution is -2.40. The average Bonchev–Trinajstić information content (AvgIpc) is 2.74. The second-order valence-electron chi connectivity index (χ2n) is 8.42. The lowest BCUT2D eigenvalue weighted by molar-refractivity contribution is 0.0466. The number of ketones is 1. The molecule has 3 aromatic rings. The summed E-state index contributed by atoms with van der Waals surface area (Å²) in [6.45, 7) is 7.90. The molecular weight excluding hydrogens is 388 g/mol. The van der Waals surface area contributed by atoms with Crippen molar-refractivity contribution in [2.75, 3.05) is 13.9 Å². The molecule has 1 aliphatic rings. The van der Waals surface area contributed by atoms with Crippen LogP contribution >= 0.6 is 0 Å². The molecule has 1 N–H and O–H groups in total. The van der Waals surface area contributed by atoms with Gasteiger partial charge in [0.2, 0.25) is 0 Å². The van der Waals surface area contributed by atoms with Crippen molar-refractivity contribution in [1.82, 2.24) is 0 Å². The Morgan fingerprint density at radius 2 is 1.32 bits per heavy atom. The van der Waals surface area contributed by atoms with E-state index in [1.165, 1.54) is 0 Å². The van der Waals surface area contributed by atoms with E-state index in [9.17, 15) is 9.90 Å². The number of ether oxygens (including phenoxy) is 2. The molecule has 4 nitrogen and oxygen atoms in total. The zero-order valence-corrected chi connectivity index (χ0v) is 18.7. The molecule has 0 saturated carbocycles. The van der Waals surface area contributed by atoms with Gasteiger partial charge in [-0.05, 0) is 61.6 Å². The number of carbonyl (C=O) groups is 1. The highest BCUT2D eigenvalue weighted by molar-refractivity contribution is 6.15. The third kappa shape index (κ3) is 3.36. The summed E-state index contributed by atoms with van der Waals surface area (Å²) in [6.07, 6.45) is 0.286. The molecule has 0 amide bonds. The summed E-state index contributed by atoms with van der Waals surface area (Å²) in [4.78, 5) is 13.7. The van der Waals surface area contributed by atoms with Gasteiger partial charge in [0.1, 0.15) is 11.4 Å². The van der Waals surface area contributed by atoms with Crippen molar-refractivity contribution in [1.29, 1.82) is 0 Å². The molecule has 160 valence electrons. The summed E-state index contributed by atoms with van der Waals surface area (Å²) in [5.41, 5.74) is 5.65. The topological polar surface area (TPSA) is 55.8 Å². The Kier molecular flexibility index (Phi) is 5.46. The third-order valence-corrected chi connectivity index (χ3v) is 6.28. The van der Waals surface area contributed by atoms with Crippen molar-refractivity contribution < 1.29 is 19.4 Å². The Morgan fingerprint density at radius 1 is 0.806 bits per heavy atom. The maximum Gasteiger partial charge on any atom is 0.194 e. The van der Waals surface area contributed by atoms with Gasteiger partial charge in [0, 0.05) is 35.8 Å². The lowest BCUT2D eigenvalue weighted by Gasteiger charge is -2.40. The van der Waals surface area contributed by atoms with Gasteiger partial charge < -0.3 is 14.6 Å². The van der Waals surface area contributed by atoms with Crippen molar-refractivity contribution in [3.8, 4) is 5.75 Å². The zero-order chi connectivity index (χ0) is 22.3. The Morgan fingerprint density at radius 3 is 1.87 bits per heavy atom. The standard InChI is InChI=1S/C27H28O4/c1-16-10-12-18(3)24-22(16)26(28)23-17(2)11-13-19(4)25(23)27(24,29)14-20-8-6-7-9-21(20)31-15-30-5/h6-13,29H,14-15H2,1-5H3.